The van der Waals surface area contributed by atoms with Gasteiger partial charge in [0.2, 0.25) is 0 Å². The molecule has 0 aromatic heterocycles. The zero-order valence-corrected chi connectivity index (χ0v) is 8.06. The van der Waals surface area contributed by atoms with Crippen LogP contribution in [0.4, 0.5) is 0 Å². The van der Waals surface area contributed by atoms with Gasteiger partial charge in [-0.2, -0.15) is 0 Å². The van der Waals surface area contributed by atoms with E-state index in [1.165, 1.54) is 7.11 Å². The summed E-state index contributed by atoms with van der Waals surface area (Å²) < 4.78 is 9.46. The third-order valence-electron chi connectivity index (χ3n) is 1.51. The Morgan fingerprint density at radius 2 is 1.71 bits per heavy atom. The number of nitrogens with zero attached hydrogens (tertiary/aromatic N) is 1. The maximum absolute atomic E-state index is 11.0. The van der Waals surface area contributed by atoms with E-state index in [1.54, 1.807) is 31.4 Å². The second-order valence-electron chi connectivity index (χ2n) is 2.22. The van der Waals surface area contributed by atoms with E-state index in [1.807, 2.05) is 0 Å². The Balaban J connectivity index is 0.000000791. The normalized spacial score (nSPS) is 8.00. The maximum atomic E-state index is 11.0. The number of methoxy groups -OCH3 is 2. The van der Waals surface area contributed by atoms with Crippen molar-refractivity contribution in [1.82, 2.24) is 0 Å². The Morgan fingerprint density at radius 1 is 1.21 bits per heavy atom. The summed E-state index contributed by atoms with van der Waals surface area (Å²) in [5, 5.41) is 6.50. The van der Waals surface area contributed by atoms with Crippen LogP contribution in [0.25, 0.3) is 0 Å². The van der Waals surface area contributed by atoms with Crippen molar-refractivity contribution in [2.24, 2.45) is 0 Å². The minimum absolute atomic E-state index is 0.336. The molecule has 0 aliphatic heterocycles. The summed E-state index contributed by atoms with van der Waals surface area (Å²) >= 11 is 0. The van der Waals surface area contributed by atoms with Gasteiger partial charge in [-0.25, -0.2) is 10.1 Å². The zero-order valence-electron chi connectivity index (χ0n) is 8.06. The molecule has 1 aromatic carbocycles. The molecule has 0 spiro atoms. The minimum Gasteiger partial charge on any atom is -0.497 e. The van der Waals surface area contributed by atoms with Gasteiger partial charge in [0, 0.05) is 6.57 Å². The third-order valence-corrected chi connectivity index (χ3v) is 1.51. The van der Waals surface area contributed by atoms with Crippen LogP contribution in [0.2, 0.25) is 0 Å². The van der Waals surface area contributed by atoms with Gasteiger partial charge in [-0.15, -0.1) is 0 Å². The number of esters is 1. The quantitative estimate of drug-likeness (QED) is 0.669. The fourth-order valence-electron chi connectivity index (χ4n) is 0.845. The number of carbonyl (C=O) groups is 1. The van der Waals surface area contributed by atoms with Gasteiger partial charge in [-0.1, -0.05) is 0 Å². The number of rotatable bonds is 2. The van der Waals surface area contributed by atoms with E-state index in [2.05, 4.69) is 11.3 Å². The van der Waals surface area contributed by atoms with Crippen molar-refractivity contribution in [3.8, 4) is 12.3 Å². The number of ether oxygens (including phenoxy) is 2. The van der Waals surface area contributed by atoms with Gasteiger partial charge in [0.05, 0.1) is 19.8 Å². The fraction of sp³-hybridized carbons (Fsp3) is 0.200. The highest BCUT2D eigenvalue weighted by molar-refractivity contribution is 5.89. The van der Waals surface area contributed by atoms with E-state index in [-0.39, 0.29) is 5.97 Å². The molecule has 0 N–H and O–H groups in total. The van der Waals surface area contributed by atoms with Crippen LogP contribution < -0.4 is 4.74 Å². The molecular weight excluding hydrogens is 182 g/mol. The molecule has 0 aliphatic rings. The topological polar surface area (TPSA) is 59.3 Å². The Kier molecular flexibility index (Phi) is 5.55. The molecule has 0 aliphatic carbocycles. The van der Waals surface area contributed by atoms with Crippen LogP contribution in [0.5, 0.6) is 5.75 Å². The molecule has 4 nitrogen and oxygen atoms in total. The Hall–Kier alpha value is -2.02. The standard InChI is InChI=1S/C9H10O3.CHN/c1-11-8-5-3-7(4-6-8)9(10)12-2;1-2/h3-6H,1-2H3;1H. The van der Waals surface area contributed by atoms with Crippen LogP contribution in [0.15, 0.2) is 24.3 Å². The SMILES string of the molecule is C#N.COC(=O)c1ccc(OC)cc1. The van der Waals surface area contributed by atoms with Gasteiger partial charge in [-0.05, 0) is 24.3 Å². The molecule has 74 valence electrons. The molecule has 1 rings (SSSR count). The summed E-state index contributed by atoms with van der Waals surface area (Å²) in [6.45, 7) is 3.50. The second kappa shape index (κ2) is 6.49. The average Bonchev–Trinajstić information content (AvgIpc) is 2.31. The van der Waals surface area contributed by atoms with Gasteiger partial charge in [0.25, 0.3) is 0 Å². The first-order valence-electron chi connectivity index (χ1n) is 3.76. The fourth-order valence-corrected chi connectivity index (χ4v) is 0.845. The van der Waals surface area contributed by atoms with E-state index >= 15 is 0 Å². The summed E-state index contributed by atoms with van der Waals surface area (Å²) in [6.07, 6.45) is 0. The van der Waals surface area contributed by atoms with Crippen molar-refractivity contribution in [1.29, 1.82) is 5.26 Å². The molecule has 0 radical (unpaired) electrons. The lowest BCUT2D eigenvalue weighted by Gasteiger charge is -2.00. The highest BCUT2D eigenvalue weighted by atomic mass is 16.5. The number of hydrogen-bond donors (Lipinski definition) is 0. The molecule has 14 heavy (non-hydrogen) atoms. The molecule has 1 aromatic rings. The zero-order chi connectivity index (χ0) is 11.0. The first-order chi connectivity index (χ1) is 6.77. The summed E-state index contributed by atoms with van der Waals surface area (Å²) in [6, 6.07) is 6.74. The molecule has 0 bridgehead atoms. The van der Waals surface area contributed by atoms with Crippen LogP contribution >= 0.6 is 0 Å². The minimum atomic E-state index is -0.336. The summed E-state index contributed by atoms with van der Waals surface area (Å²) in [7, 11) is 2.93. The van der Waals surface area contributed by atoms with Gasteiger partial charge in [0.1, 0.15) is 5.75 Å². The second-order valence-corrected chi connectivity index (χ2v) is 2.22. The summed E-state index contributed by atoms with van der Waals surface area (Å²) in [4.78, 5) is 11.0. The van der Waals surface area contributed by atoms with Crippen molar-refractivity contribution in [2.75, 3.05) is 14.2 Å². The van der Waals surface area contributed by atoms with Crippen LogP contribution in [0.1, 0.15) is 10.4 Å². The summed E-state index contributed by atoms with van der Waals surface area (Å²) in [5.41, 5.74) is 0.526. The molecule has 0 saturated carbocycles. The molecule has 0 heterocycles. The molecule has 0 unspecified atom stereocenters. The maximum Gasteiger partial charge on any atom is 0.337 e. The van der Waals surface area contributed by atoms with Gasteiger partial charge < -0.3 is 9.47 Å². The molecule has 0 fully saturated rings. The van der Waals surface area contributed by atoms with Crippen molar-refractivity contribution in [3.63, 3.8) is 0 Å². The average molecular weight is 193 g/mol. The highest BCUT2D eigenvalue weighted by Gasteiger charge is 2.03. The Bertz CT molecular complexity index is 303. The van der Waals surface area contributed by atoms with Gasteiger partial charge >= 0.3 is 5.97 Å². The van der Waals surface area contributed by atoms with Crippen molar-refractivity contribution in [2.45, 2.75) is 0 Å². The number of hydrogen-bond acceptors (Lipinski definition) is 4. The van der Waals surface area contributed by atoms with Crippen LogP contribution in [-0.2, 0) is 4.74 Å². The summed E-state index contributed by atoms with van der Waals surface area (Å²) in [5.74, 6) is 0.389. The molecule has 0 amide bonds. The predicted octanol–water partition coefficient (Wildman–Crippen LogP) is 1.62. The van der Waals surface area contributed by atoms with Crippen LogP contribution in [0.3, 0.4) is 0 Å². The van der Waals surface area contributed by atoms with Crippen molar-refractivity contribution in [3.05, 3.63) is 29.8 Å². The highest BCUT2D eigenvalue weighted by Crippen LogP contribution is 2.11. The Labute approximate surface area is 82.7 Å². The van der Waals surface area contributed by atoms with Crippen molar-refractivity contribution >= 4 is 5.97 Å². The number of carbonyl (C=O) groups excluding carboxylic acids is 1. The van der Waals surface area contributed by atoms with Gasteiger partial charge in [0.15, 0.2) is 0 Å². The van der Waals surface area contributed by atoms with E-state index in [9.17, 15) is 4.79 Å². The molecule has 0 saturated heterocycles. The van der Waals surface area contributed by atoms with Crippen molar-refractivity contribution < 1.29 is 14.3 Å². The smallest absolute Gasteiger partial charge is 0.337 e. The monoisotopic (exact) mass is 193 g/mol. The van der Waals surface area contributed by atoms with E-state index in [0.29, 0.717) is 5.56 Å². The lowest BCUT2D eigenvalue weighted by Crippen LogP contribution is -2.00. The lowest BCUT2D eigenvalue weighted by atomic mass is 10.2. The van der Waals surface area contributed by atoms with E-state index in [4.69, 9.17) is 10.00 Å². The first kappa shape index (κ1) is 12.0. The number of benzene rings is 1. The predicted molar refractivity (Wildman–Crippen MR) is 51.0 cm³/mol. The van der Waals surface area contributed by atoms with Crippen LogP contribution in [-0.4, -0.2) is 20.2 Å². The van der Waals surface area contributed by atoms with Gasteiger partial charge in [-0.3, -0.25) is 0 Å². The largest absolute Gasteiger partial charge is 0.497 e. The van der Waals surface area contributed by atoms with E-state index in [0.717, 1.165) is 5.75 Å². The molecule has 4 heteroatoms. The number of nitriles is 1. The van der Waals surface area contributed by atoms with Crippen LogP contribution in [0, 0.1) is 11.8 Å². The van der Waals surface area contributed by atoms with E-state index < -0.39 is 0 Å². The molecule has 0 atom stereocenters. The third kappa shape index (κ3) is 3.15. The Morgan fingerprint density at radius 3 is 2.07 bits per heavy atom. The molecular formula is C10H11NO3. The lowest BCUT2D eigenvalue weighted by molar-refractivity contribution is 0.0600. The first-order valence-corrected chi connectivity index (χ1v) is 3.76.